The van der Waals surface area contributed by atoms with Gasteiger partial charge in [0.15, 0.2) is 18.9 Å². The second-order valence-corrected chi connectivity index (χ2v) is 15.8. The van der Waals surface area contributed by atoms with Gasteiger partial charge in [-0.3, -0.25) is 0 Å². The fraction of sp³-hybridized carbons (Fsp3) is 1.00. The first-order valence-corrected chi connectivity index (χ1v) is 18.9. The molecule has 0 spiro atoms. The average molecular weight is 803 g/mol. The van der Waals surface area contributed by atoms with Gasteiger partial charge in [-0.25, -0.2) is 0 Å². The standard InChI is InChI=1S/C34H58O21/c1-10-21(38)25(42)28(45)32(50-10)49-9-20-24(41)27(44)30(47)34(55-20)53-18-7-13-15(51-31(18)11-3-14(37)22(39)17(4-11)48-2)5-12(36)6-16(13)52-33-29(46)26(43)23(40)19(8-35)54-33/h10-47H,3-9H2,1-2H3/t10-,11?,12?,13?,14?,15?,16?,17?,18?,19+,20+,21-,22?,23+,24+,25+,26-,27-,28+,29+,30+,31?,32+,33+,34+/m0/s1. The van der Waals surface area contributed by atoms with Crippen LogP contribution >= 0.6 is 0 Å². The molecule has 0 radical (unpaired) electrons. The van der Waals surface area contributed by atoms with Gasteiger partial charge >= 0.3 is 0 Å². The summed E-state index contributed by atoms with van der Waals surface area (Å²) < 4.78 is 47.2. The number of hydrogen-bond donors (Lipinski definition) is 13. The van der Waals surface area contributed by atoms with Crippen molar-refractivity contribution < 1.29 is 104 Å². The molecule has 21 heteroatoms. The summed E-state index contributed by atoms with van der Waals surface area (Å²) in [4.78, 5) is 0. The van der Waals surface area contributed by atoms with Crippen molar-refractivity contribution in [3.05, 3.63) is 0 Å². The second-order valence-electron chi connectivity index (χ2n) is 15.8. The van der Waals surface area contributed by atoms with Crippen LogP contribution in [-0.4, -0.2) is 228 Å². The molecule has 21 nitrogen and oxygen atoms in total. The summed E-state index contributed by atoms with van der Waals surface area (Å²) in [6.45, 7) is 0.225. The van der Waals surface area contributed by atoms with Crippen LogP contribution in [0.4, 0.5) is 0 Å². The number of ether oxygens (including phenoxy) is 8. The fourth-order valence-electron chi connectivity index (χ4n) is 8.84. The van der Waals surface area contributed by atoms with Gasteiger partial charge in [0.1, 0.15) is 73.2 Å². The molecule has 4 heterocycles. The Morgan fingerprint density at radius 1 is 0.527 bits per heavy atom. The number of rotatable bonds is 10. The van der Waals surface area contributed by atoms with Crippen molar-refractivity contribution in [2.45, 2.75) is 180 Å². The van der Waals surface area contributed by atoms with Gasteiger partial charge in [-0.2, -0.15) is 0 Å². The summed E-state index contributed by atoms with van der Waals surface area (Å²) in [6, 6.07) is 0. The Bertz CT molecular complexity index is 1220. The molecule has 0 aromatic carbocycles. The van der Waals surface area contributed by atoms with Gasteiger partial charge in [0.25, 0.3) is 0 Å². The lowest BCUT2D eigenvalue weighted by atomic mass is 9.72. The molecule has 0 bridgehead atoms. The molecule has 320 valence electrons. The minimum atomic E-state index is -1.83. The van der Waals surface area contributed by atoms with Crippen LogP contribution in [-0.2, 0) is 37.9 Å². The lowest BCUT2D eigenvalue weighted by Crippen LogP contribution is -2.64. The second kappa shape index (κ2) is 18.2. The molecule has 6 fully saturated rings. The van der Waals surface area contributed by atoms with E-state index in [0.29, 0.717) is 0 Å². The van der Waals surface area contributed by atoms with Crippen LogP contribution in [0.3, 0.4) is 0 Å². The van der Waals surface area contributed by atoms with E-state index in [1.54, 1.807) is 0 Å². The highest BCUT2D eigenvalue weighted by atomic mass is 16.7. The largest absolute Gasteiger partial charge is 0.394 e. The molecule has 4 aliphatic heterocycles. The molecular weight excluding hydrogens is 744 g/mol. The Labute approximate surface area is 316 Å². The predicted octanol–water partition coefficient (Wildman–Crippen LogP) is -6.72. The maximum absolute atomic E-state index is 11.1. The average Bonchev–Trinajstić information content (AvgIpc) is 3.16. The predicted molar refractivity (Wildman–Crippen MR) is 176 cm³/mol. The summed E-state index contributed by atoms with van der Waals surface area (Å²) >= 11 is 0. The lowest BCUT2D eigenvalue weighted by Gasteiger charge is -2.53. The monoisotopic (exact) mass is 802 g/mol. The van der Waals surface area contributed by atoms with E-state index in [0.717, 1.165) is 0 Å². The van der Waals surface area contributed by atoms with E-state index in [1.807, 2.05) is 0 Å². The molecule has 55 heavy (non-hydrogen) atoms. The third-order valence-electron chi connectivity index (χ3n) is 12.2. The Balaban J connectivity index is 1.23. The van der Waals surface area contributed by atoms with Crippen LogP contribution in [0.25, 0.3) is 0 Å². The molecule has 0 amide bonds. The minimum Gasteiger partial charge on any atom is -0.394 e. The summed E-state index contributed by atoms with van der Waals surface area (Å²) in [7, 11) is 1.38. The number of aliphatic hydroxyl groups is 13. The van der Waals surface area contributed by atoms with E-state index < -0.39 is 166 Å². The van der Waals surface area contributed by atoms with Gasteiger partial charge in [0.2, 0.25) is 0 Å². The van der Waals surface area contributed by atoms with Crippen molar-refractivity contribution in [1.29, 1.82) is 0 Å². The molecule has 6 aliphatic rings. The molecule has 2 saturated carbocycles. The Morgan fingerprint density at radius 2 is 1.11 bits per heavy atom. The molecule has 13 N–H and O–H groups in total. The fourth-order valence-corrected chi connectivity index (χ4v) is 8.84. The van der Waals surface area contributed by atoms with Gasteiger partial charge < -0.3 is 104 Å². The third kappa shape index (κ3) is 9.03. The van der Waals surface area contributed by atoms with Gasteiger partial charge in [0, 0.05) is 19.4 Å². The van der Waals surface area contributed by atoms with Crippen molar-refractivity contribution in [3.8, 4) is 0 Å². The zero-order valence-corrected chi connectivity index (χ0v) is 30.5. The molecule has 6 rings (SSSR count). The quantitative estimate of drug-likeness (QED) is 0.0976. The first-order chi connectivity index (χ1) is 26.0. The zero-order chi connectivity index (χ0) is 40.0. The number of methoxy groups -OCH3 is 1. The summed E-state index contributed by atoms with van der Waals surface area (Å²) in [5.41, 5.74) is 0. The van der Waals surface area contributed by atoms with Crippen molar-refractivity contribution in [3.63, 3.8) is 0 Å². The number of hydrogen-bond acceptors (Lipinski definition) is 21. The Morgan fingerprint density at radius 3 is 1.75 bits per heavy atom. The van der Waals surface area contributed by atoms with Crippen molar-refractivity contribution in [2.75, 3.05) is 20.3 Å². The molecule has 0 aromatic heterocycles. The van der Waals surface area contributed by atoms with E-state index in [9.17, 15) is 66.4 Å². The highest BCUT2D eigenvalue weighted by molar-refractivity contribution is 5.01. The highest BCUT2D eigenvalue weighted by Crippen LogP contribution is 2.45. The van der Waals surface area contributed by atoms with Crippen LogP contribution in [0.2, 0.25) is 0 Å². The number of fused-ring (bicyclic) bond motifs is 1. The Kier molecular flexibility index (Phi) is 14.5. The first-order valence-electron chi connectivity index (χ1n) is 18.9. The van der Waals surface area contributed by atoms with Crippen molar-refractivity contribution in [2.24, 2.45) is 11.8 Å². The summed E-state index contributed by atoms with van der Waals surface area (Å²) in [6.07, 6.45) is -30.5. The van der Waals surface area contributed by atoms with E-state index in [1.165, 1.54) is 14.0 Å². The third-order valence-corrected chi connectivity index (χ3v) is 12.2. The van der Waals surface area contributed by atoms with Crippen LogP contribution in [0.15, 0.2) is 0 Å². The lowest BCUT2D eigenvalue weighted by molar-refractivity contribution is -0.352. The van der Waals surface area contributed by atoms with Gasteiger partial charge in [-0.15, -0.1) is 0 Å². The molecule has 25 atom stereocenters. The highest BCUT2D eigenvalue weighted by Gasteiger charge is 2.55. The molecule has 10 unspecified atom stereocenters. The minimum absolute atomic E-state index is 0.0172. The maximum atomic E-state index is 11.1. The van der Waals surface area contributed by atoms with Gasteiger partial charge in [0.05, 0.1) is 62.0 Å². The smallest absolute Gasteiger partial charge is 0.187 e. The zero-order valence-electron chi connectivity index (χ0n) is 30.5. The van der Waals surface area contributed by atoms with Gasteiger partial charge in [-0.05, 0) is 38.5 Å². The molecule has 4 saturated heterocycles. The van der Waals surface area contributed by atoms with Gasteiger partial charge in [-0.1, -0.05) is 0 Å². The topological polar surface area (TPSA) is 337 Å². The maximum Gasteiger partial charge on any atom is 0.187 e. The van der Waals surface area contributed by atoms with Crippen LogP contribution < -0.4 is 0 Å². The van der Waals surface area contributed by atoms with Crippen LogP contribution in [0.5, 0.6) is 0 Å². The van der Waals surface area contributed by atoms with Crippen molar-refractivity contribution in [1.82, 2.24) is 0 Å². The first kappa shape index (κ1) is 43.7. The van der Waals surface area contributed by atoms with E-state index in [2.05, 4.69) is 0 Å². The molecule has 2 aliphatic carbocycles. The van der Waals surface area contributed by atoms with Crippen molar-refractivity contribution >= 4 is 0 Å². The van der Waals surface area contributed by atoms with Crippen LogP contribution in [0.1, 0.15) is 39.0 Å². The van der Waals surface area contributed by atoms with E-state index in [4.69, 9.17) is 37.9 Å². The normalized spacial score (nSPS) is 55.1. The summed E-state index contributed by atoms with van der Waals surface area (Å²) in [5, 5.41) is 137. The van der Waals surface area contributed by atoms with E-state index >= 15 is 0 Å². The van der Waals surface area contributed by atoms with E-state index in [-0.39, 0.29) is 32.1 Å². The van der Waals surface area contributed by atoms with Crippen LogP contribution in [0, 0.1) is 11.8 Å². The number of aliphatic hydroxyl groups excluding tert-OH is 13. The molecular formula is C34H58O21. The SMILES string of the molecule is COC1CC(C2OC3CC(O)CC(O[C@@H]4O[C@H](CO)[C@@H](O)[C@H](O)[C@H]4O)C3CC2O[C@@H]2O[C@H](CO[C@@H]3O[C@@H](C)[C@H](O)[C@@H](O)[C@H]3O)[C@@H](O)[C@H](O)[C@H]2O)CC(O)C1O. The summed E-state index contributed by atoms with van der Waals surface area (Å²) in [5.74, 6) is -1.14. The Hall–Kier alpha value is -0.840. The molecule has 0 aromatic rings.